The Morgan fingerprint density at radius 2 is 1.59 bits per heavy atom. The number of rotatable bonds is 8. The number of aromatic amines is 1. The molecule has 0 aliphatic carbocycles. The van der Waals surface area contributed by atoms with Crippen molar-refractivity contribution in [2.45, 2.75) is 13.0 Å². The highest BCUT2D eigenvalue weighted by Crippen LogP contribution is 2.39. The summed E-state index contributed by atoms with van der Waals surface area (Å²) in [6.45, 7) is 0.888. The van der Waals surface area contributed by atoms with Gasteiger partial charge in [0.1, 0.15) is 0 Å². The second kappa shape index (κ2) is 9.22. The number of benzene rings is 2. The minimum Gasteiger partial charge on any atom is -0.361 e. The fourth-order valence-corrected chi connectivity index (χ4v) is 4.64. The van der Waals surface area contributed by atoms with Crippen LogP contribution in [0.3, 0.4) is 0 Å². The molecule has 1 aliphatic rings. The summed E-state index contributed by atoms with van der Waals surface area (Å²) in [7, 11) is 0. The van der Waals surface area contributed by atoms with E-state index in [4.69, 9.17) is 0 Å². The Balaban J connectivity index is 1.76. The van der Waals surface area contributed by atoms with Crippen molar-refractivity contribution in [2.75, 3.05) is 6.54 Å². The molecule has 0 saturated carbocycles. The summed E-state index contributed by atoms with van der Waals surface area (Å²) in [5.41, 5.74) is 1.50. The van der Waals surface area contributed by atoms with Crippen LogP contribution in [0.5, 0.6) is 0 Å². The summed E-state index contributed by atoms with van der Waals surface area (Å²) >= 11 is 4.60. The topological polar surface area (TPSA) is 166 Å². The van der Waals surface area contributed by atoms with Crippen LogP contribution in [-0.4, -0.2) is 42.9 Å². The Labute approximate surface area is 212 Å². The van der Waals surface area contributed by atoms with Crippen LogP contribution in [0.4, 0.5) is 11.4 Å². The number of aromatic nitrogens is 2. The molecule has 184 valence electrons. The molecule has 0 unspecified atom stereocenters. The van der Waals surface area contributed by atoms with E-state index < -0.39 is 21.7 Å². The highest BCUT2D eigenvalue weighted by Gasteiger charge is 2.35. The minimum atomic E-state index is -0.672. The normalized spacial score (nSPS) is 13.3. The molecule has 2 amide bonds. The monoisotopic (exact) mass is 516 g/mol. The minimum absolute atomic E-state index is 0.0209. The number of aliphatic imine (C=N–C) groups is 1. The van der Waals surface area contributed by atoms with E-state index in [1.807, 2.05) is 4.57 Å². The number of carbonyl (C=O) groups excluding carboxylic acids is 2. The molecule has 0 bridgehead atoms. The molecule has 1 aliphatic heterocycles. The number of H-pyrrole nitrogens is 1. The lowest BCUT2D eigenvalue weighted by molar-refractivity contribution is -0.384. The maximum atomic E-state index is 13.1. The van der Waals surface area contributed by atoms with Crippen LogP contribution in [0.1, 0.15) is 17.5 Å². The highest BCUT2D eigenvalue weighted by atomic mass is 32.1. The maximum absolute atomic E-state index is 13.1. The van der Waals surface area contributed by atoms with Crippen molar-refractivity contribution in [2.24, 2.45) is 4.99 Å². The molecule has 2 aromatic heterocycles. The average molecular weight is 516 g/mol. The summed E-state index contributed by atoms with van der Waals surface area (Å²) in [6, 6.07) is 8.49. The molecule has 0 spiro atoms. The van der Waals surface area contributed by atoms with Gasteiger partial charge in [0.15, 0.2) is 0 Å². The fraction of sp³-hybridized carbons (Fsp3) is 0.125. The first-order chi connectivity index (χ1) is 17.8. The van der Waals surface area contributed by atoms with Crippen molar-refractivity contribution < 1.29 is 19.4 Å². The molecule has 2 N–H and O–H groups in total. The fourth-order valence-electron chi connectivity index (χ4n) is 4.55. The first-order valence-electron chi connectivity index (χ1n) is 11.0. The van der Waals surface area contributed by atoms with Crippen molar-refractivity contribution in [1.82, 2.24) is 14.9 Å². The van der Waals surface area contributed by atoms with Gasteiger partial charge in [-0.05, 0) is 30.8 Å². The lowest BCUT2D eigenvalue weighted by Gasteiger charge is -2.03. The molecule has 0 atom stereocenters. The summed E-state index contributed by atoms with van der Waals surface area (Å²) in [5.74, 6) is -1.34. The summed E-state index contributed by atoms with van der Waals surface area (Å²) in [6.07, 6.45) is 3.76. The lowest BCUT2D eigenvalue weighted by atomic mass is 9.95. The standard InChI is InChI=1S/C24H16N6O6S/c31-23-21(17-10-26-19-4-2-13(29(33)34)8-15(17)19)22(24(32)27-23)18-11-28(7-1-6-25-12-37)20-5-3-14(30(35)36)9-16(18)20/h2-5,8-11,26H,1,6-7H2,(H,27,31,32). The van der Waals surface area contributed by atoms with Gasteiger partial charge in [-0.2, -0.15) is 0 Å². The molecule has 5 rings (SSSR count). The molecular formula is C24H16N6O6S. The summed E-state index contributed by atoms with van der Waals surface area (Å²) in [4.78, 5) is 54.7. The van der Waals surface area contributed by atoms with Gasteiger partial charge in [-0.1, -0.05) is 0 Å². The number of amides is 2. The van der Waals surface area contributed by atoms with Crippen LogP contribution >= 0.6 is 12.2 Å². The Morgan fingerprint density at radius 3 is 2.27 bits per heavy atom. The van der Waals surface area contributed by atoms with Crippen LogP contribution in [0, 0.1) is 20.2 Å². The van der Waals surface area contributed by atoms with Gasteiger partial charge in [0, 0.05) is 76.1 Å². The Morgan fingerprint density at radius 1 is 0.946 bits per heavy atom. The van der Waals surface area contributed by atoms with E-state index in [0.717, 1.165) is 0 Å². The maximum Gasteiger partial charge on any atom is 0.270 e. The number of nitrogens with one attached hydrogen (secondary N) is 2. The number of imide groups is 1. The van der Waals surface area contributed by atoms with E-state index >= 15 is 0 Å². The number of nitro benzene ring substituents is 2. The van der Waals surface area contributed by atoms with Crippen LogP contribution < -0.4 is 5.32 Å². The van der Waals surface area contributed by atoms with Gasteiger partial charge < -0.3 is 9.55 Å². The Bertz CT molecular complexity index is 1740. The predicted octanol–water partition coefficient (Wildman–Crippen LogP) is 4.00. The van der Waals surface area contributed by atoms with E-state index in [0.29, 0.717) is 52.4 Å². The molecular weight excluding hydrogens is 500 g/mol. The number of hydrogen-bond donors (Lipinski definition) is 2. The molecule has 12 nitrogen and oxygen atoms in total. The van der Waals surface area contributed by atoms with Gasteiger partial charge in [0.05, 0.1) is 32.7 Å². The predicted molar refractivity (Wildman–Crippen MR) is 138 cm³/mol. The van der Waals surface area contributed by atoms with Gasteiger partial charge in [-0.15, -0.1) is 0 Å². The van der Waals surface area contributed by atoms with Crippen molar-refractivity contribution >= 4 is 73.5 Å². The molecule has 4 aromatic rings. The Kier molecular flexibility index (Phi) is 5.91. The third kappa shape index (κ3) is 4.07. The van der Waals surface area contributed by atoms with E-state index in [-0.39, 0.29) is 22.5 Å². The smallest absolute Gasteiger partial charge is 0.270 e. The zero-order valence-electron chi connectivity index (χ0n) is 18.9. The van der Waals surface area contributed by atoms with Crippen molar-refractivity contribution in [3.05, 3.63) is 80.1 Å². The van der Waals surface area contributed by atoms with Gasteiger partial charge in [-0.25, -0.2) is 4.99 Å². The summed E-state index contributed by atoms with van der Waals surface area (Å²) < 4.78 is 1.83. The lowest BCUT2D eigenvalue weighted by Crippen LogP contribution is -2.22. The molecule has 0 saturated heterocycles. The number of thiocarbonyl (C=S) groups is 1. The van der Waals surface area contributed by atoms with Gasteiger partial charge >= 0.3 is 0 Å². The number of hydrogen-bond acceptors (Lipinski definition) is 8. The van der Waals surface area contributed by atoms with Crippen LogP contribution in [0.25, 0.3) is 33.0 Å². The number of isothiocyanates is 1. The van der Waals surface area contributed by atoms with Crippen molar-refractivity contribution in [3.8, 4) is 0 Å². The van der Waals surface area contributed by atoms with Crippen molar-refractivity contribution in [3.63, 3.8) is 0 Å². The number of aryl methyl sites for hydroxylation is 1. The molecule has 0 fully saturated rings. The molecule has 2 aromatic carbocycles. The largest absolute Gasteiger partial charge is 0.361 e. The quantitative estimate of drug-likeness (QED) is 0.0891. The zero-order valence-corrected chi connectivity index (χ0v) is 19.7. The third-order valence-corrected chi connectivity index (χ3v) is 6.28. The number of non-ortho nitro benzene ring substituents is 2. The first-order valence-corrected chi connectivity index (χ1v) is 11.4. The van der Waals surface area contributed by atoms with Crippen LogP contribution in [-0.2, 0) is 16.1 Å². The van der Waals surface area contributed by atoms with Gasteiger partial charge in [0.2, 0.25) is 0 Å². The van der Waals surface area contributed by atoms with Crippen LogP contribution in [0.2, 0.25) is 0 Å². The molecule has 3 heterocycles. The Hall–Kier alpha value is -5.00. The van der Waals surface area contributed by atoms with Crippen LogP contribution in [0.15, 0.2) is 53.8 Å². The van der Waals surface area contributed by atoms with E-state index in [9.17, 15) is 29.8 Å². The number of carbonyl (C=O) groups is 2. The second-order valence-corrected chi connectivity index (χ2v) is 8.43. The summed E-state index contributed by atoms with van der Waals surface area (Å²) in [5, 5.41) is 28.2. The second-order valence-electron chi connectivity index (χ2n) is 8.24. The number of nitro groups is 2. The first kappa shape index (κ1) is 23.7. The van der Waals surface area contributed by atoms with E-state index in [1.54, 1.807) is 12.3 Å². The zero-order chi connectivity index (χ0) is 26.3. The molecule has 37 heavy (non-hydrogen) atoms. The molecule has 0 radical (unpaired) electrons. The highest BCUT2D eigenvalue weighted by molar-refractivity contribution is 7.78. The average Bonchev–Trinajstić information content (AvgIpc) is 3.53. The SMILES string of the molecule is O=C1NC(=O)C(c2cn(CCCN=C=S)c3ccc([N+](=O)[O-])cc23)=C1c1c[nH]c2ccc([N+](=O)[O-])cc12. The number of fused-ring (bicyclic) bond motifs is 2. The third-order valence-electron chi connectivity index (χ3n) is 6.15. The van der Waals surface area contributed by atoms with Gasteiger partial charge in [-0.3, -0.25) is 35.1 Å². The van der Waals surface area contributed by atoms with E-state index in [2.05, 4.69) is 32.7 Å². The van der Waals surface area contributed by atoms with Gasteiger partial charge in [0.25, 0.3) is 23.2 Å². The molecule has 13 heteroatoms. The van der Waals surface area contributed by atoms with Crippen molar-refractivity contribution in [1.29, 1.82) is 0 Å². The van der Waals surface area contributed by atoms with E-state index in [1.165, 1.54) is 36.5 Å². The number of nitrogens with zero attached hydrogens (tertiary/aromatic N) is 4.